The summed E-state index contributed by atoms with van der Waals surface area (Å²) in [7, 11) is 0. The zero-order chi connectivity index (χ0) is 14.6. The van der Waals surface area contributed by atoms with Crippen molar-refractivity contribution in [1.29, 1.82) is 0 Å². The van der Waals surface area contributed by atoms with E-state index in [2.05, 4.69) is 19.2 Å². The summed E-state index contributed by atoms with van der Waals surface area (Å²) in [6.07, 6.45) is 2.66. The average Bonchev–Trinajstić information content (AvgIpc) is 2.42. The van der Waals surface area contributed by atoms with E-state index in [1.54, 1.807) is 6.07 Å². The maximum Gasteiger partial charge on any atom is 0.159 e. The first kappa shape index (κ1) is 15.4. The molecular formula is C16H23F2NO. The van der Waals surface area contributed by atoms with Crippen LogP contribution in [0.5, 0.6) is 0 Å². The van der Waals surface area contributed by atoms with Gasteiger partial charge in [0.1, 0.15) is 0 Å². The van der Waals surface area contributed by atoms with Gasteiger partial charge >= 0.3 is 0 Å². The number of hydrogen-bond donors (Lipinski definition) is 1. The van der Waals surface area contributed by atoms with Crippen LogP contribution in [0.1, 0.15) is 32.3 Å². The monoisotopic (exact) mass is 283 g/mol. The highest BCUT2D eigenvalue weighted by molar-refractivity contribution is 5.19. The van der Waals surface area contributed by atoms with Crippen molar-refractivity contribution in [2.75, 3.05) is 19.8 Å². The fourth-order valence-electron chi connectivity index (χ4n) is 2.72. The molecule has 0 saturated carbocycles. The number of rotatable bonds is 5. The molecule has 0 aliphatic carbocycles. The highest BCUT2D eigenvalue weighted by Crippen LogP contribution is 2.34. The van der Waals surface area contributed by atoms with E-state index in [1.165, 1.54) is 12.1 Å². The van der Waals surface area contributed by atoms with Gasteiger partial charge in [0.05, 0.1) is 0 Å². The molecule has 0 spiro atoms. The Morgan fingerprint density at radius 2 is 1.90 bits per heavy atom. The third kappa shape index (κ3) is 4.00. The zero-order valence-electron chi connectivity index (χ0n) is 12.2. The minimum atomic E-state index is -0.782. The molecule has 1 aliphatic heterocycles. The maximum atomic E-state index is 13.4. The molecule has 112 valence electrons. The van der Waals surface area contributed by atoms with E-state index in [4.69, 9.17) is 4.74 Å². The first-order valence-corrected chi connectivity index (χ1v) is 7.26. The van der Waals surface area contributed by atoms with Crippen molar-refractivity contribution in [3.05, 3.63) is 35.4 Å². The smallest absolute Gasteiger partial charge is 0.159 e. The van der Waals surface area contributed by atoms with Gasteiger partial charge in [-0.3, -0.25) is 0 Å². The molecule has 0 unspecified atom stereocenters. The summed E-state index contributed by atoms with van der Waals surface area (Å²) >= 11 is 0. The Morgan fingerprint density at radius 1 is 1.20 bits per heavy atom. The Kier molecular flexibility index (Phi) is 5.11. The van der Waals surface area contributed by atoms with E-state index < -0.39 is 11.6 Å². The molecule has 2 nitrogen and oxygen atoms in total. The normalized spacial score (nSPS) is 18.4. The van der Waals surface area contributed by atoms with Gasteiger partial charge in [-0.05, 0) is 42.4 Å². The lowest BCUT2D eigenvalue weighted by Crippen LogP contribution is -2.42. The van der Waals surface area contributed by atoms with E-state index in [-0.39, 0.29) is 5.41 Å². The molecule has 2 rings (SSSR count). The second kappa shape index (κ2) is 6.64. The Bertz CT molecular complexity index is 442. The van der Waals surface area contributed by atoms with Crippen LogP contribution in [0, 0.1) is 17.0 Å². The highest BCUT2D eigenvalue weighted by atomic mass is 19.2. The molecule has 1 aliphatic rings. The van der Waals surface area contributed by atoms with Crippen molar-refractivity contribution < 1.29 is 13.5 Å². The third-order valence-corrected chi connectivity index (χ3v) is 4.00. The van der Waals surface area contributed by atoms with Gasteiger partial charge in [0.2, 0.25) is 0 Å². The molecule has 1 saturated heterocycles. The Hall–Kier alpha value is -1.00. The van der Waals surface area contributed by atoms with Crippen molar-refractivity contribution in [3.63, 3.8) is 0 Å². The first-order valence-electron chi connectivity index (χ1n) is 7.26. The van der Waals surface area contributed by atoms with Crippen LogP contribution in [0.3, 0.4) is 0 Å². The molecule has 0 amide bonds. The van der Waals surface area contributed by atoms with Crippen molar-refractivity contribution in [1.82, 2.24) is 5.32 Å². The van der Waals surface area contributed by atoms with Gasteiger partial charge in [-0.2, -0.15) is 0 Å². The second-order valence-corrected chi connectivity index (χ2v) is 6.07. The molecule has 1 N–H and O–H groups in total. The molecule has 0 atom stereocenters. The maximum absolute atomic E-state index is 13.4. The van der Waals surface area contributed by atoms with Gasteiger partial charge in [0, 0.05) is 25.8 Å². The Morgan fingerprint density at radius 3 is 2.50 bits per heavy atom. The van der Waals surface area contributed by atoms with E-state index in [1.807, 2.05) is 0 Å². The lowest BCUT2D eigenvalue weighted by Gasteiger charge is -2.38. The van der Waals surface area contributed by atoms with Crippen molar-refractivity contribution in [2.45, 2.75) is 39.2 Å². The Labute approximate surface area is 119 Å². The topological polar surface area (TPSA) is 21.3 Å². The van der Waals surface area contributed by atoms with Crippen LogP contribution >= 0.6 is 0 Å². The summed E-state index contributed by atoms with van der Waals surface area (Å²) in [6, 6.07) is 4.64. The van der Waals surface area contributed by atoms with E-state index in [9.17, 15) is 8.78 Å². The van der Waals surface area contributed by atoms with Gasteiger partial charge in [-0.25, -0.2) is 8.78 Å². The fraction of sp³-hybridized carbons (Fsp3) is 0.625. The summed E-state index contributed by atoms with van der Waals surface area (Å²) in [5.41, 5.74) is 0.934. The van der Waals surface area contributed by atoms with Crippen molar-refractivity contribution in [3.8, 4) is 0 Å². The van der Waals surface area contributed by atoms with Crippen molar-refractivity contribution in [2.24, 2.45) is 5.41 Å². The van der Waals surface area contributed by atoms with Gasteiger partial charge in [-0.15, -0.1) is 0 Å². The third-order valence-electron chi connectivity index (χ3n) is 4.00. The average molecular weight is 283 g/mol. The summed E-state index contributed by atoms with van der Waals surface area (Å²) in [5.74, 6) is -1.54. The van der Waals surface area contributed by atoms with Gasteiger partial charge < -0.3 is 10.1 Å². The zero-order valence-corrected chi connectivity index (χ0v) is 12.2. The number of halogens is 2. The minimum absolute atomic E-state index is 0.0762. The molecule has 20 heavy (non-hydrogen) atoms. The summed E-state index contributed by atoms with van der Waals surface area (Å²) in [4.78, 5) is 0. The molecule has 4 heteroatoms. The van der Waals surface area contributed by atoms with Crippen molar-refractivity contribution >= 4 is 0 Å². The standard InChI is InChI=1S/C16H23F2NO/c1-12(2)19-11-16(5-7-20-8-6-16)10-13-3-4-14(17)15(18)9-13/h3-4,9,12,19H,5-8,10-11H2,1-2H3. The fourth-order valence-corrected chi connectivity index (χ4v) is 2.72. The van der Waals surface area contributed by atoms with Crippen LogP contribution in [0.25, 0.3) is 0 Å². The summed E-state index contributed by atoms with van der Waals surface area (Å²) in [6.45, 7) is 6.59. The van der Waals surface area contributed by atoms with Gasteiger partial charge in [0.15, 0.2) is 11.6 Å². The second-order valence-electron chi connectivity index (χ2n) is 6.07. The molecular weight excluding hydrogens is 260 g/mol. The number of benzene rings is 1. The summed E-state index contributed by atoms with van der Waals surface area (Å²) < 4.78 is 31.8. The summed E-state index contributed by atoms with van der Waals surface area (Å²) in [5, 5.41) is 3.48. The van der Waals surface area contributed by atoms with Gasteiger partial charge in [-0.1, -0.05) is 19.9 Å². The predicted octanol–water partition coefficient (Wildman–Crippen LogP) is 3.30. The number of hydrogen-bond acceptors (Lipinski definition) is 2. The van der Waals surface area contributed by atoms with Crippen LogP contribution in [-0.2, 0) is 11.2 Å². The molecule has 1 aromatic carbocycles. The SMILES string of the molecule is CC(C)NCC1(Cc2ccc(F)c(F)c2)CCOCC1. The van der Waals surface area contributed by atoms with Gasteiger partial charge in [0.25, 0.3) is 0 Å². The molecule has 0 bridgehead atoms. The predicted molar refractivity (Wildman–Crippen MR) is 75.7 cm³/mol. The molecule has 1 aromatic rings. The van der Waals surface area contributed by atoms with Crippen LogP contribution in [-0.4, -0.2) is 25.8 Å². The highest BCUT2D eigenvalue weighted by Gasteiger charge is 2.32. The number of nitrogens with one attached hydrogen (secondary N) is 1. The van der Waals surface area contributed by atoms with Crippen LogP contribution in [0.15, 0.2) is 18.2 Å². The first-order chi connectivity index (χ1) is 9.51. The van der Waals surface area contributed by atoms with Crippen LogP contribution in [0.2, 0.25) is 0 Å². The van der Waals surface area contributed by atoms with Crippen LogP contribution in [0.4, 0.5) is 8.78 Å². The Balaban J connectivity index is 2.11. The molecule has 0 aromatic heterocycles. The molecule has 1 fully saturated rings. The van der Waals surface area contributed by atoms with E-state index >= 15 is 0 Å². The lowest BCUT2D eigenvalue weighted by atomic mass is 9.75. The molecule has 0 radical (unpaired) electrons. The largest absolute Gasteiger partial charge is 0.381 e. The quantitative estimate of drug-likeness (QED) is 0.895. The number of ether oxygens (including phenoxy) is 1. The lowest BCUT2D eigenvalue weighted by molar-refractivity contribution is 0.0140. The van der Waals surface area contributed by atoms with Crippen LogP contribution < -0.4 is 5.32 Å². The van der Waals surface area contributed by atoms with E-state index in [0.29, 0.717) is 6.04 Å². The van der Waals surface area contributed by atoms with E-state index in [0.717, 1.165) is 44.6 Å². The molecule has 1 heterocycles. The minimum Gasteiger partial charge on any atom is -0.381 e.